The van der Waals surface area contributed by atoms with Crippen LogP contribution in [0.2, 0.25) is 5.02 Å². The molecule has 1 saturated carbocycles. The molecule has 2 aromatic carbocycles. The molecular formula is C29H29ClFN5O2. The van der Waals surface area contributed by atoms with E-state index in [0.717, 1.165) is 31.7 Å². The minimum Gasteiger partial charge on any atom is -0.507 e. The Morgan fingerprint density at radius 3 is 2.32 bits per heavy atom. The molecule has 1 aliphatic carbocycles. The highest BCUT2D eigenvalue weighted by molar-refractivity contribution is 6.32. The number of halogens is 2. The number of imidazole rings is 1. The second-order valence-electron chi connectivity index (χ2n) is 10.7. The Morgan fingerprint density at radius 1 is 1.05 bits per heavy atom. The summed E-state index contributed by atoms with van der Waals surface area (Å²) in [6.45, 7) is 3.81. The third kappa shape index (κ3) is 3.99. The van der Waals surface area contributed by atoms with Crippen LogP contribution in [0.1, 0.15) is 19.8 Å². The SMILES string of the molecule is Cn1ccn(-c2ccc(-c3cc(F)cc(-c4ccnc(N5CC6CCC(C5)C6(C)N)c4)c3O)cc2Cl)c1=O. The molecule has 196 valence electrons. The molecule has 0 spiro atoms. The van der Waals surface area contributed by atoms with Crippen LogP contribution in [0.4, 0.5) is 10.2 Å². The van der Waals surface area contributed by atoms with Crippen LogP contribution >= 0.6 is 11.6 Å². The van der Waals surface area contributed by atoms with E-state index in [1.54, 1.807) is 49.9 Å². The van der Waals surface area contributed by atoms with Gasteiger partial charge < -0.3 is 20.3 Å². The Kier molecular flexibility index (Phi) is 5.85. The molecule has 2 aromatic heterocycles. The van der Waals surface area contributed by atoms with Crippen LogP contribution < -0.4 is 16.3 Å². The van der Waals surface area contributed by atoms with E-state index >= 15 is 0 Å². The number of nitrogens with zero attached hydrogens (tertiary/aromatic N) is 4. The fourth-order valence-corrected chi connectivity index (χ4v) is 6.31. The first-order valence-corrected chi connectivity index (χ1v) is 13.1. The van der Waals surface area contributed by atoms with Gasteiger partial charge in [-0.2, -0.15) is 0 Å². The van der Waals surface area contributed by atoms with Gasteiger partial charge in [-0.15, -0.1) is 0 Å². The van der Waals surface area contributed by atoms with E-state index in [0.29, 0.717) is 44.8 Å². The number of fused-ring (bicyclic) bond motifs is 2. The van der Waals surface area contributed by atoms with Gasteiger partial charge in [-0.25, -0.2) is 14.2 Å². The first kappa shape index (κ1) is 24.7. The zero-order chi connectivity index (χ0) is 26.8. The second kappa shape index (κ2) is 8.99. The number of aryl methyl sites for hydroxylation is 1. The van der Waals surface area contributed by atoms with Gasteiger partial charge in [0.15, 0.2) is 0 Å². The maximum atomic E-state index is 14.9. The molecule has 3 N–H and O–H groups in total. The highest BCUT2D eigenvalue weighted by Crippen LogP contribution is 2.45. The van der Waals surface area contributed by atoms with Crippen LogP contribution in [0.5, 0.6) is 5.75 Å². The molecule has 2 fully saturated rings. The first-order valence-electron chi connectivity index (χ1n) is 12.7. The molecule has 0 radical (unpaired) electrons. The number of benzene rings is 2. The van der Waals surface area contributed by atoms with E-state index in [1.807, 2.05) is 6.07 Å². The van der Waals surface area contributed by atoms with Crippen LogP contribution in [0.3, 0.4) is 0 Å². The lowest BCUT2D eigenvalue weighted by molar-refractivity contribution is 0.237. The largest absolute Gasteiger partial charge is 0.507 e. The topological polar surface area (TPSA) is 89.3 Å². The molecule has 4 aromatic rings. The van der Waals surface area contributed by atoms with Crippen LogP contribution in [0.15, 0.2) is 65.8 Å². The van der Waals surface area contributed by atoms with E-state index in [4.69, 9.17) is 17.3 Å². The van der Waals surface area contributed by atoms with Crippen molar-refractivity contribution in [1.82, 2.24) is 14.1 Å². The number of hydrogen-bond donors (Lipinski definition) is 2. The molecule has 2 aliphatic rings. The fraction of sp³-hybridized carbons (Fsp3) is 0.310. The number of piperidine rings is 1. The second-order valence-corrected chi connectivity index (χ2v) is 11.1. The van der Waals surface area contributed by atoms with Crippen molar-refractivity contribution in [3.8, 4) is 33.7 Å². The number of pyridine rings is 1. The summed E-state index contributed by atoms with van der Waals surface area (Å²) < 4.78 is 17.8. The summed E-state index contributed by atoms with van der Waals surface area (Å²) in [5.74, 6) is 1.06. The molecule has 6 rings (SSSR count). The summed E-state index contributed by atoms with van der Waals surface area (Å²) in [5.41, 5.74) is 8.59. The van der Waals surface area contributed by atoms with E-state index in [9.17, 15) is 14.3 Å². The Balaban J connectivity index is 1.36. The third-order valence-electron chi connectivity index (χ3n) is 8.43. The summed E-state index contributed by atoms with van der Waals surface area (Å²) in [7, 11) is 1.66. The van der Waals surface area contributed by atoms with Crippen LogP contribution in [0, 0.1) is 17.7 Å². The van der Waals surface area contributed by atoms with Crippen molar-refractivity contribution in [2.45, 2.75) is 25.3 Å². The number of hydrogen-bond acceptors (Lipinski definition) is 5. The Labute approximate surface area is 224 Å². The van der Waals surface area contributed by atoms with E-state index in [-0.39, 0.29) is 17.0 Å². The number of phenols is 1. The molecular weight excluding hydrogens is 505 g/mol. The summed E-state index contributed by atoms with van der Waals surface area (Å²) in [6.07, 6.45) is 7.19. The fourth-order valence-electron chi connectivity index (χ4n) is 6.04. The normalized spacial score (nSPS) is 22.7. The zero-order valence-corrected chi connectivity index (χ0v) is 22.0. The van der Waals surface area contributed by atoms with Gasteiger partial charge in [0.2, 0.25) is 0 Å². The van der Waals surface area contributed by atoms with E-state index in [2.05, 4.69) is 16.8 Å². The third-order valence-corrected chi connectivity index (χ3v) is 8.73. The van der Waals surface area contributed by atoms with Crippen molar-refractivity contribution < 1.29 is 9.50 Å². The lowest BCUT2D eigenvalue weighted by Crippen LogP contribution is -2.57. The number of aromatic hydroxyl groups is 1. The summed E-state index contributed by atoms with van der Waals surface area (Å²) in [6, 6.07) is 11.3. The maximum Gasteiger partial charge on any atom is 0.332 e. The molecule has 2 bridgehead atoms. The summed E-state index contributed by atoms with van der Waals surface area (Å²) in [5, 5.41) is 11.6. The standard InChI is InChI=1S/C29H29ClFN5O2/c1-29(32)19-4-5-20(29)16-35(15-19)26-12-18(7-8-33-26)23-14-21(31)13-22(27(23)37)17-3-6-25(24(30)11-17)36-10-9-34(2)28(36)38/h3,6-14,19-20,37H,4-5,15-16,32H2,1-2H3. The molecule has 2 atom stereocenters. The average Bonchev–Trinajstić information content (AvgIpc) is 3.24. The van der Waals surface area contributed by atoms with Gasteiger partial charge >= 0.3 is 5.69 Å². The number of rotatable bonds is 4. The van der Waals surface area contributed by atoms with E-state index < -0.39 is 5.82 Å². The number of nitrogens with two attached hydrogens (primary N) is 1. The van der Waals surface area contributed by atoms with Gasteiger partial charge in [-0.05, 0) is 79.1 Å². The van der Waals surface area contributed by atoms with Gasteiger partial charge in [0.05, 0.1) is 10.7 Å². The minimum absolute atomic E-state index is 0.0579. The molecule has 7 nitrogen and oxygen atoms in total. The Morgan fingerprint density at radius 2 is 1.71 bits per heavy atom. The highest BCUT2D eigenvalue weighted by Gasteiger charge is 2.48. The van der Waals surface area contributed by atoms with Crippen molar-refractivity contribution in [2.24, 2.45) is 24.6 Å². The number of aromatic nitrogens is 3. The van der Waals surface area contributed by atoms with Crippen molar-refractivity contribution >= 4 is 17.4 Å². The summed E-state index contributed by atoms with van der Waals surface area (Å²) in [4.78, 5) is 19.2. The molecule has 3 heterocycles. The van der Waals surface area contributed by atoms with E-state index in [1.165, 1.54) is 21.3 Å². The molecule has 9 heteroatoms. The van der Waals surface area contributed by atoms with Crippen molar-refractivity contribution in [2.75, 3.05) is 18.0 Å². The number of phenolic OH excluding ortho intramolecular Hbond substituents is 1. The van der Waals surface area contributed by atoms with Gasteiger partial charge in [0, 0.05) is 55.4 Å². The van der Waals surface area contributed by atoms with Gasteiger partial charge in [-0.1, -0.05) is 17.7 Å². The molecule has 1 saturated heterocycles. The number of anilines is 1. The predicted molar refractivity (Wildman–Crippen MR) is 147 cm³/mol. The maximum absolute atomic E-state index is 14.9. The van der Waals surface area contributed by atoms with Crippen LogP contribution in [-0.4, -0.2) is 37.9 Å². The predicted octanol–water partition coefficient (Wildman–Crippen LogP) is 4.97. The smallest absolute Gasteiger partial charge is 0.332 e. The van der Waals surface area contributed by atoms with Gasteiger partial charge in [0.1, 0.15) is 17.4 Å². The van der Waals surface area contributed by atoms with Crippen molar-refractivity contribution in [3.63, 3.8) is 0 Å². The van der Waals surface area contributed by atoms with Crippen LogP contribution in [-0.2, 0) is 7.05 Å². The van der Waals surface area contributed by atoms with Gasteiger partial charge in [0.25, 0.3) is 0 Å². The molecule has 0 amide bonds. The van der Waals surface area contributed by atoms with Crippen LogP contribution in [0.25, 0.3) is 27.9 Å². The lowest BCUT2D eigenvalue weighted by Gasteiger charge is -2.44. The lowest BCUT2D eigenvalue weighted by atomic mass is 9.79. The quantitative estimate of drug-likeness (QED) is 0.387. The zero-order valence-electron chi connectivity index (χ0n) is 21.2. The monoisotopic (exact) mass is 533 g/mol. The summed E-state index contributed by atoms with van der Waals surface area (Å²) >= 11 is 6.53. The Bertz CT molecular complexity index is 1590. The highest BCUT2D eigenvalue weighted by atomic mass is 35.5. The molecule has 1 aliphatic heterocycles. The average molecular weight is 534 g/mol. The Hall–Kier alpha value is -3.62. The minimum atomic E-state index is -0.486. The first-order chi connectivity index (χ1) is 18.1. The molecule has 2 unspecified atom stereocenters. The van der Waals surface area contributed by atoms with Gasteiger partial charge in [-0.3, -0.25) is 4.57 Å². The molecule has 38 heavy (non-hydrogen) atoms. The van der Waals surface area contributed by atoms with Crippen molar-refractivity contribution in [3.05, 3.63) is 82.4 Å². The van der Waals surface area contributed by atoms with Crippen molar-refractivity contribution in [1.29, 1.82) is 0 Å².